The van der Waals surface area contributed by atoms with Crippen molar-refractivity contribution in [3.8, 4) is 0 Å². The highest BCUT2D eigenvalue weighted by molar-refractivity contribution is 5.95. The van der Waals surface area contributed by atoms with Crippen LogP contribution in [0, 0.1) is 5.92 Å². The molecule has 0 N–H and O–H groups in total. The number of nitrogens with zero attached hydrogens (tertiary/aromatic N) is 3. The molecule has 0 amide bonds. The summed E-state index contributed by atoms with van der Waals surface area (Å²) in [5.74, 6) is -4.30. The third-order valence-electron chi connectivity index (χ3n) is 6.88. The van der Waals surface area contributed by atoms with Gasteiger partial charge in [-0.25, -0.2) is 0 Å². The fraction of sp³-hybridized carbons (Fsp3) is 0.718. The monoisotopic (exact) mass is 735 g/mol. The summed E-state index contributed by atoms with van der Waals surface area (Å²) in [6, 6.07) is 9.33. The number of hydrogen-bond donors (Lipinski definition) is 0. The summed E-state index contributed by atoms with van der Waals surface area (Å²) >= 11 is 0. The van der Waals surface area contributed by atoms with Crippen LogP contribution in [-0.2, 0) is 54.3 Å². The summed E-state index contributed by atoms with van der Waals surface area (Å²) < 4.78 is 27.9. The molecule has 1 aromatic rings. The van der Waals surface area contributed by atoms with Crippen LogP contribution in [-0.4, -0.2) is 126 Å². The van der Waals surface area contributed by atoms with Crippen molar-refractivity contribution in [3.05, 3.63) is 35.9 Å². The largest absolute Gasteiger partial charge is 0.460 e. The molecule has 0 aliphatic rings. The van der Waals surface area contributed by atoms with E-state index in [9.17, 15) is 24.0 Å². The minimum Gasteiger partial charge on any atom is -0.460 e. The zero-order valence-electron chi connectivity index (χ0n) is 34.0. The van der Waals surface area contributed by atoms with Gasteiger partial charge in [0.25, 0.3) is 0 Å². The summed E-state index contributed by atoms with van der Waals surface area (Å²) in [6.07, 6.45) is 0. The molecule has 13 heteroatoms. The molecule has 52 heavy (non-hydrogen) atoms. The standard InChI is InChI=1S/C39H65N3O10/c1-14-40(26-32(44)49-36(2,3)4)20-21-41(25-31(43)48-28-29-18-16-15-17-19-29)22-23-42(27-33(45)50-37(5,6)7)24-30(34(46)51-38(8,9)10)35(47)52-39(11,12)13/h15-19,30H,14,20-28H2,1-13H3. The summed E-state index contributed by atoms with van der Waals surface area (Å²) in [6.45, 7) is 24.2. The Hall–Kier alpha value is -3.55. The highest BCUT2D eigenvalue weighted by atomic mass is 16.6. The van der Waals surface area contributed by atoms with Gasteiger partial charge >= 0.3 is 29.8 Å². The Bertz CT molecular complexity index is 1260. The normalized spacial score (nSPS) is 12.6. The van der Waals surface area contributed by atoms with Crippen LogP contribution in [0.15, 0.2) is 30.3 Å². The molecule has 0 saturated heterocycles. The minimum absolute atomic E-state index is 0.0677. The topological polar surface area (TPSA) is 141 Å². The van der Waals surface area contributed by atoms with Gasteiger partial charge in [0.2, 0.25) is 0 Å². The molecule has 0 aromatic heterocycles. The van der Waals surface area contributed by atoms with Crippen molar-refractivity contribution in [2.75, 3.05) is 58.9 Å². The molecule has 1 aromatic carbocycles. The lowest BCUT2D eigenvalue weighted by Gasteiger charge is -2.32. The van der Waals surface area contributed by atoms with Crippen molar-refractivity contribution < 1.29 is 47.7 Å². The van der Waals surface area contributed by atoms with E-state index in [0.717, 1.165) is 5.56 Å². The summed E-state index contributed by atoms with van der Waals surface area (Å²) in [7, 11) is 0. The number of benzene rings is 1. The van der Waals surface area contributed by atoms with Gasteiger partial charge in [-0.3, -0.25) is 38.7 Å². The SMILES string of the molecule is CCN(CCN(CCN(CC(=O)OC(C)(C)C)CC(C(=O)OC(C)(C)C)C(=O)OC(C)(C)C)CC(=O)OCc1ccccc1)CC(=O)OC(C)(C)C. The second-order valence-electron chi connectivity index (χ2n) is 16.8. The lowest BCUT2D eigenvalue weighted by Crippen LogP contribution is -2.48. The number of likely N-dealkylation sites (N-methyl/N-ethyl adjacent to an activating group) is 1. The van der Waals surface area contributed by atoms with Crippen molar-refractivity contribution in [2.24, 2.45) is 5.92 Å². The number of carbonyl (C=O) groups excluding carboxylic acids is 5. The first-order chi connectivity index (χ1) is 23.7. The predicted octanol–water partition coefficient (Wildman–Crippen LogP) is 4.64. The Morgan fingerprint density at radius 3 is 1.35 bits per heavy atom. The molecule has 1 rings (SSSR count). The molecule has 0 fully saturated rings. The smallest absolute Gasteiger partial charge is 0.322 e. The Labute approximate surface area is 311 Å². The molecule has 0 saturated carbocycles. The van der Waals surface area contributed by atoms with Crippen LogP contribution in [0.1, 0.15) is 95.6 Å². The Kier molecular flexibility index (Phi) is 18.4. The van der Waals surface area contributed by atoms with Crippen LogP contribution in [0.25, 0.3) is 0 Å². The maximum atomic E-state index is 13.4. The molecule has 296 valence electrons. The first-order valence-corrected chi connectivity index (χ1v) is 18.0. The van der Waals surface area contributed by atoms with E-state index >= 15 is 0 Å². The lowest BCUT2D eigenvalue weighted by molar-refractivity contribution is -0.176. The second-order valence-corrected chi connectivity index (χ2v) is 16.8. The van der Waals surface area contributed by atoms with Crippen LogP contribution in [0.5, 0.6) is 0 Å². The molecule has 13 nitrogen and oxygen atoms in total. The van der Waals surface area contributed by atoms with Crippen molar-refractivity contribution >= 4 is 29.8 Å². The van der Waals surface area contributed by atoms with Crippen LogP contribution in [0.3, 0.4) is 0 Å². The predicted molar refractivity (Wildman–Crippen MR) is 198 cm³/mol. The molecule has 0 aliphatic carbocycles. The summed E-state index contributed by atoms with van der Waals surface area (Å²) in [4.78, 5) is 71.0. The third kappa shape index (κ3) is 22.4. The quantitative estimate of drug-likeness (QED) is 0.111. The zero-order valence-corrected chi connectivity index (χ0v) is 34.0. The van der Waals surface area contributed by atoms with E-state index in [2.05, 4.69) is 0 Å². The zero-order chi connectivity index (χ0) is 39.9. The van der Waals surface area contributed by atoms with Crippen molar-refractivity contribution in [1.82, 2.24) is 14.7 Å². The molecule has 0 bridgehead atoms. The molecule has 0 atom stereocenters. The van der Waals surface area contributed by atoms with Crippen molar-refractivity contribution in [2.45, 2.75) is 119 Å². The van der Waals surface area contributed by atoms with Crippen LogP contribution < -0.4 is 0 Å². The van der Waals surface area contributed by atoms with E-state index < -0.39 is 52.2 Å². The molecule has 0 spiro atoms. The van der Waals surface area contributed by atoms with Gasteiger partial charge in [0.15, 0.2) is 5.92 Å². The molecular formula is C39H65N3O10. The number of rotatable bonds is 19. The van der Waals surface area contributed by atoms with Gasteiger partial charge in [-0.1, -0.05) is 37.3 Å². The maximum absolute atomic E-state index is 13.4. The average molecular weight is 736 g/mol. The Balaban J connectivity index is 3.34. The van der Waals surface area contributed by atoms with Crippen LogP contribution in [0.4, 0.5) is 0 Å². The highest BCUT2D eigenvalue weighted by Crippen LogP contribution is 2.18. The van der Waals surface area contributed by atoms with Gasteiger partial charge in [0, 0.05) is 32.7 Å². The first kappa shape index (κ1) is 46.5. The van der Waals surface area contributed by atoms with Gasteiger partial charge in [-0.2, -0.15) is 0 Å². The highest BCUT2D eigenvalue weighted by Gasteiger charge is 2.37. The lowest BCUT2D eigenvalue weighted by atomic mass is 10.1. The van der Waals surface area contributed by atoms with Gasteiger partial charge in [0.1, 0.15) is 29.0 Å². The molecular weight excluding hydrogens is 670 g/mol. The Morgan fingerprint density at radius 1 is 0.538 bits per heavy atom. The van der Waals surface area contributed by atoms with Gasteiger partial charge in [-0.15, -0.1) is 0 Å². The van der Waals surface area contributed by atoms with Gasteiger partial charge in [0.05, 0.1) is 19.6 Å². The number of esters is 5. The molecule has 0 unspecified atom stereocenters. The minimum atomic E-state index is -1.37. The number of carbonyl (C=O) groups is 5. The maximum Gasteiger partial charge on any atom is 0.322 e. The van der Waals surface area contributed by atoms with Gasteiger partial charge in [-0.05, 0) is 95.2 Å². The number of ether oxygens (including phenoxy) is 5. The molecule has 0 heterocycles. The molecule has 0 radical (unpaired) electrons. The van der Waals surface area contributed by atoms with E-state index in [1.807, 2.05) is 67.8 Å². The van der Waals surface area contributed by atoms with Crippen LogP contribution >= 0.6 is 0 Å². The summed E-state index contributed by atoms with van der Waals surface area (Å²) in [5.41, 5.74) is -2.32. The van der Waals surface area contributed by atoms with Crippen LogP contribution in [0.2, 0.25) is 0 Å². The fourth-order valence-electron chi connectivity index (χ4n) is 4.75. The fourth-order valence-corrected chi connectivity index (χ4v) is 4.75. The summed E-state index contributed by atoms with van der Waals surface area (Å²) in [5, 5.41) is 0. The van der Waals surface area contributed by atoms with E-state index in [-0.39, 0.29) is 51.8 Å². The average Bonchev–Trinajstić information content (AvgIpc) is 2.95. The van der Waals surface area contributed by atoms with E-state index in [4.69, 9.17) is 23.7 Å². The molecule has 0 aliphatic heterocycles. The second kappa shape index (κ2) is 20.6. The Morgan fingerprint density at radius 2 is 0.923 bits per heavy atom. The van der Waals surface area contributed by atoms with Crippen molar-refractivity contribution in [3.63, 3.8) is 0 Å². The number of hydrogen-bond acceptors (Lipinski definition) is 13. The van der Waals surface area contributed by atoms with E-state index in [0.29, 0.717) is 19.6 Å². The van der Waals surface area contributed by atoms with Gasteiger partial charge < -0.3 is 23.7 Å². The van der Waals surface area contributed by atoms with E-state index in [1.165, 1.54) is 0 Å². The third-order valence-corrected chi connectivity index (χ3v) is 6.88. The van der Waals surface area contributed by atoms with Crippen molar-refractivity contribution in [1.29, 1.82) is 0 Å². The van der Waals surface area contributed by atoms with E-state index in [1.54, 1.807) is 67.2 Å². The first-order valence-electron chi connectivity index (χ1n) is 18.0.